The molecule has 5 nitrogen and oxygen atoms in total. The molecule has 0 aromatic heterocycles. The minimum atomic E-state index is -0.753. The molecule has 21 heavy (non-hydrogen) atoms. The largest absolute Gasteiger partial charge is 0.489 e. The van der Waals surface area contributed by atoms with Crippen LogP contribution in [0.3, 0.4) is 0 Å². The van der Waals surface area contributed by atoms with Gasteiger partial charge in [0.25, 0.3) is 0 Å². The highest BCUT2D eigenvalue weighted by atomic mass is 35.5. The fraction of sp³-hybridized carbons (Fsp3) is 0.600. The molecule has 3 unspecified atom stereocenters. The average molecular weight is 319 g/mol. The summed E-state index contributed by atoms with van der Waals surface area (Å²) in [7, 11) is 1.60. The van der Waals surface area contributed by atoms with Gasteiger partial charge in [-0.25, -0.2) is 0 Å². The summed E-state index contributed by atoms with van der Waals surface area (Å²) in [4.78, 5) is 0. The van der Waals surface area contributed by atoms with Gasteiger partial charge in [0, 0.05) is 7.11 Å². The molecule has 0 bridgehead atoms. The average Bonchev–Trinajstić information content (AvgIpc) is 2.44. The second-order valence-corrected chi connectivity index (χ2v) is 5.34. The number of methoxy groups -OCH3 is 1. The van der Waals surface area contributed by atoms with Crippen molar-refractivity contribution in [1.82, 2.24) is 0 Å². The van der Waals surface area contributed by atoms with E-state index in [2.05, 4.69) is 0 Å². The van der Waals surface area contributed by atoms with Gasteiger partial charge in [0.1, 0.15) is 18.5 Å². The Balaban J connectivity index is 2.41. The fourth-order valence-corrected chi connectivity index (χ4v) is 1.93. The van der Waals surface area contributed by atoms with Crippen molar-refractivity contribution in [1.29, 1.82) is 0 Å². The highest BCUT2D eigenvalue weighted by Gasteiger charge is 2.11. The van der Waals surface area contributed by atoms with Crippen molar-refractivity contribution in [3.05, 3.63) is 28.8 Å². The van der Waals surface area contributed by atoms with Gasteiger partial charge in [-0.3, -0.25) is 0 Å². The van der Waals surface area contributed by atoms with Crippen LogP contribution in [0, 0.1) is 0 Å². The fourth-order valence-electron chi connectivity index (χ4n) is 1.69. The van der Waals surface area contributed by atoms with E-state index < -0.39 is 12.2 Å². The number of aliphatic hydroxyl groups excluding tert-OH is 2. The molecule has 0 fully saturated rings. The number of hydrogen-bond acceptors (Lipinski definition) is 5. The van der Waals surface area contributed by atoms with E-state index in [9.17, 15) is 10.2 Å². The number of halogens is 1. The van der Waals surface area contributed by atoms with E-state index in [1.54, 1.807) is 32.2 Å². The molecule has 0 aliphatic heterocycles. The van der Waals surface area contributed by atoms with Crippen LogP contribution in [-0.4, -0.2) is 49.4 Å². The topological polar surface area (TPSA) is 68.2 Å². The van der Waals surface area contributed by atoms with E-state index >= 15 is 0 Å². The Labute approximate surface area is 130 Å². The molecule has 1 rings (SSSR count). The minimum Gasteiger partial charge on any atom is -0.489 e. The molecular weight excluding hydrogens is 296 g/mol. The van der Waals surface area contributed by atoms with Crippen molar-refractivity contribution >= 4 is 11.6 Å². The first-order valence-corrected chi connectivity index (χ1v) is 7.20. The summed E-state index contributed by atoms with van der Waals surface area (Å²) in [5.74, 6) is 0.463. The van der Waals surface area contributed by atoms with Gasteiger partial charge >= 0.3 is 0 Å². The van der Waals surface area contributed by atoms with Gasteiger partial charge in [0.2, 0.25) is 0 Å². The molecule has 1 aromatic carbocycles. The lowest BCUT2D eigenvalue weighted by molar-refractivity contribution is -0.0422. The molecule has 0 saturated carbocycles. The van der Waals surface area contributed by atoms with Crippen LogP contribution in [0.2, 0.25) is 5.02 Å². The predicted octanol–water partition coefficient (Wildman–Crippen LogP) is 2.18. The van der Waals surface area contributed by atoms with Gasteiger partial charge in [-0.2, -0.15) is 0 Å². The first-order valence-electron chi connectivity index (χ1n) is 6.83. The summed E-state index contributed by atoms with van der Waals surface area (Å²) in [5.41, 5.74) is 0.713. The normalized spacial score (nSPS) is 15.5. The summed E-state index contributed by atoms with van der Waals surface area (Å²) in [5, 5.41) is 19.6. The minimum absolute atomic E-state index is 0.0768. The zero-order chi connectivity index (χ0) is 15.8. The molecule has 120 valence electrons. The Kier molecular flexibility index (Phi) is 8.00. The second-order valence-electron chi connectivity index (χ2n) is 4.93. The maximum Gasteiger partial charge on any atom is 0.138 e. The Morgan fingerprint density at radius 1 is 1.14 bits per heavy atom. The first-order chi connectivity index (χ1) is 9.93. The van der Waals surface area contributed by atoms with Crippen LogP contribution < -0.4 is 4.74 Å². The Bertz CT molecular complexity index is 425. The molecule has 0 aliphatic carbocycles. The van der Waals surface area contributed by atoms with Gasteiger partial charge in [-0.1, -0.05) is 17.7 Å². The molecule has 0 spiro atoms. The molecule has 6 heteroatoms. The molecule has 0 saturated heterocycles. The Morgan fingerprint density at radius 3 is 2.43 bits per heavy atom. The lowest BCUT2D eigenvalue weighted by Gasteiger charge is -2.17. The maximum atomic E-state index is 9.79. The molecule has 3 atom stereocenters. The van der Waals surface area contributed by atoms with Crippen molar-refractivity contribution in [3.8, 4) is 5.75 Å². The van der Waals surface area contributed by atoms with Crippen LogP contribution in [0.1, 0.15) is 25.5 Å². The zero-order valence-electron chi connectivity index (χ0n) is 12.6. The van der Waals surface area contributed by atoms with E-state index in [0.29, 0.717) is 22.9 Å². The molecule has 0 aliphatic rings. The number of benzene rings is 1. The summed E-state index contributed by atoms with van der Waals surface area (Å²) in [6, 6.07) is 5.05. The van der Waals surface area contributed by atoms with Gasteiger partial charge in [0.05, 0.1) is 30.4 Å². The number of aliphatic hydroxyl groups is 2. The standard InChI is InChI=1S/C15H23ClO5/c1-10(7-19-3)20-8-13(18)9-21-15-5-4-12(11(2)17)6-14(15)16/h4-6,10-11,13,17-18H,7-9H2,1-3H3. The third-order valence-electron chi connectivity index (χ3n) is 2.84. The van der Waals surface area contributed by atoms with Crippen molar-refractivity contribution in [3.63, 3.8) is 0 Å². The lowest BCUT2D eigenvalue weighted by Crippen LogP contribution is -2.27. The highest BCUT2D eigenvalue weighted by Crippen LogP contribution is 2.27. The van der Waals surface area contributed by atoms with Crippen LogP contribution in [0.25, 0.3) is 0 Å². The Hall–Kier alpha value is -0.850. The Morgan fingerprint density at radius 2 is 1.86 bits per heavy atom. The quantitative estimate of drug-likeness (QED) is 0.730. The molecule has 1 aromatic rings. The summed E-state index contributed by atoms with van der Waals surface area (Å²) >= 11 is 6.06. The van der Waals surface area contributed by atoms with E-state index in [-0.39, 0.29) is 19.3 Å². The molecule has 2 N–H and O–H groups in total. The van der Waals surface area contributed by atoms with Crippen LogP contribution in [-0.2, 0) is 9.47 Å². The SMILES string of the molecule is COCC(C)OCC(O)COc1ccc(C(C)O)cc1Cl. The number of ether oxygens (including phenoxy) is 3. The van der Waals surface area contributed by atoms with Crippen molar-refractivity contribution in [2.24, 2.45) is 0 Å². The van der Waals surface area contributed by atoms with E-state index in [1.807, 2.05) is 6.92 Å². The van der Waals surface area contributed by atoms with Crippen molar-refractivity contribution in [2.45, 2.75) is 32.2 Å². The van der Waals surface area contributed by atoms with Crippen LogP contribution in [0.5, 0.6) is 5.75 Å². The van der Waals surface area contributed by atoms with Crippen LogP contribution >= 0.6 is 11.6 Å². The first kappa shape index (κ1) is 18.2. The zero-order valence-corrected chi connectivity index (χ0v) is 13.3. The van der Waals surface area contributed by atoms with Gasteiger partial charge in [-0.15, -0.1) is 0 Å². The van der Waals surface area contributed by atoms with E-state index in [4.69, 9.17) is 25.8 Å². The smallest absolute Gasteiger partial charge is 0.138 e. The number of hydrogen-bond donors (Lipinski definition) is 2. The molecule has 0 heterocycles. The predicted molar refractivity (Wildman–Crippen MR) is 80.9 cm³/mol. The molecular formula is C15H23ClO5. The summed E-state index contributed by atoms with van der Waals surface area (Å²) in [6.07, 6.45) is -1.42. The molecule has 0 amide bonds. The van der Waals surface area contributed by atoms with Gasteiger partial charge < -0.3 is 24.4 Å². The van der Waals surface area contributed by atoms with E-state index in [0.717, 1.165) is 0 Å². The maximum absolute atomic E-state index is 9.79. The third-order valence-corrected chi connectivity index (χ3v) is 3.14. The van der Waals surface area contributed by atoms with Crippen molar-refractivity contribution < 1.29 is 24.4 Å². The van der Waals surface area contributed by atoms with Crippen molar-refractivity contribution in [2.75, 3.05) is 26.9 Å². The second kappa shape index (κ2) is 9.23. The van der Waals surface area contributed by atoms with E-state index in [1.165, 1.54) is 0 Å². The highest BCUT2D eigenvalue weighted by molar-refractivity contribution is 6.32. The number of rotatable bonds is 9. The third kappa shape index (κ3) is 6.63. The summed E-state index contributed by atoms with van der Waals surface area (Å²) < 4.78 is 15.8. The van der Waals surface area contributed by atoms with Gasteiger partial charge in [-0.05, 0) is 31.5 Å². The summed E-state index contributed by atoms with van der Waals surface area (Å²) in [6.45, 7) is 4.23. The monoisotopic (exact) mass is 318 g/mol. The van der Waals surface area contributed by atoms with Gasteiger partial charge in [0.15, 0.2) is 0 Å². The van der Waals surface area contributed by atoms with Crippen LogP contribution in [0.15, 0.2) is 18.2 Å². The molecule has 0 radical (unpaired) electrons. The lowest BCUT2D eigenvalue weighted by atomic mass is 10.1. The van der Waals surface area contributed by atoms with Crippen LogP contribution in [0.4, 0.5) is 0 Å².